The summed E-state index contributed by atoms with van der Waals surface area (Å²) < 4.78 is 87.2. The third kappa shape index (κ3) is 6.21. The molecule has 1 aromatic heterocycles. The maximum absolute atomic E-state index is 15.2. The van der Waals surface area contributed by atoms with Crippen LogP contribution in [0.5, 0.6) is 0 Å². The van der Waals surface area contributed by atoms with Crippen LogP contribution in [-0.2, 0) is 16.6 Å². The first-order valence-corrected chi connectivity index (χ1v) is 12.6. The van der Waals surface area contributed by atoms with E-state index in [1.807, 2.05) is 32.0 Å². The molecule has 0 saturated carbocycles. The van der Waals surface area contributed by atoms with E-state index in [9.17, 15) is 22.0 Å². The van der Waals surface area contributed by atoms with Gasteiger partial charge in [0.2, 0.25) is 0 Å². The summed E-state index contributed by atoms with van der Waals surface area (Å²) in [5.74, 6) is -6.36. The Morgan fingerprint density at radius 2 is 1.72 bits per heavy atom. The minimum absolute atomic E-state index is 0.207. The summed E-state index contributed by atoms with van der Waals surface area (Å²) in [7, 11) is -1.64. The van der Waals surface area contributed by atoms with Gasteiger partial charge in [0.1, 0.15) is 5.82 Å². The number of carbonyl (C=O) groups excluding carboxylic acids is 1. The van der Waals surface area contributed by atoms with Gasteiger partial charge < -0.3 is 5.32 Å². The number of halogens is 5. The average Bonchev–Trinajstić information content (AvgIpc) is 2.82. The smallest absolute Gasteiger partial charge is 0.300 e. The van der Waals surface area contributed by atoms with Gasteiger partial charge in [-0.15, -0.1) is 0 Å². The van der Waals surface area contributed by atoms with E-state index in [0.29, 0.717) is 3.57 Å². The third-order valence-electron chi connectivity index (χ3n) is 4.81. The molecule has 0 spiro atoms. The molecule has 3 aromatic rings. The molecule has 15 heteroatoms. The molecule has 0 aliphatic rings. The molecule has 5 N–H and O–H groups in total. The number of pyridine rings is 1. The highest BCUT2D eigenvalue weighted by molar-refractivity contribution is 14.1. The van der Waals surface area contributed by atoms with E-state index in [2.05, 4.69) is 21.2 Å². The highest BCUT2D eigenvalue weighted by Crippen LogP contribution is 2.32. The van der Waals surface area contributed by atoms with E-state index in [0.717, 1.165) is 31.4 Å². The van der Waals surface area contributed by atoms with Crippen LogP contribution in [0.2, 0.25) is 0 Å². The van der Waals surface area contributed by atoms with Gasteiger partial charge >= 0.3 is 0 Å². The first kappa shape index (κ1) is 27.6. The lowest BCUT2D eigenvalue weighted by Gasteiger charge is -2.17. The Balaban J connectivity index is 2.08. The van der Waals surface area contributed by atoms with Crippen LogP contribution in [0.25, 0.3) is 0 Å². The van der Waals surface area contributed by atoms with Crippen LogP contribution in [-0.4, -0.2) is 33.4 Å². The van der Waals surface area contributed by atoms with Gasteiger partial charge in [-0.05, 0) is 64.0 Å². The van der Waals surface area contributed by atoms with E-state index in [1.165, 1.54) is 19.2 Å². The SMILES string of the molecule is CNNC(=O)c1cc(Cc2ccnc(NS(=O)(=O)NC)c2F)c(F)c(F)c1Nc1ccc(I)cc1F. The molecule has 1 heterocycles. The summed E-state index contributed by atoms with van der Waals surface area (Å²) in [5, 5.41) is 2.41. The van der Waals surface area contributed by atoms with E-state index >= 15 is 8.78 Å². The molecular weight excluding hydrogens is 619 g/mol. The number of rotatable bonds is 9. The van der Waals surface area contributed by atoms with Crippen molar-refractivity contribution in [3.05, 3.63) is 80.1 Å². The highest BCUT2D eigenvalue weighted by atomic mass is 127. The van der Waals surface area contributed by atoms with Gasteiger partial charge in [0, 0.05) is 30.3 Å². The van der Waals surface area contributed by atoms with Gasteiger partial charge in [-0.1, -0.05) is 0 Å². The fourth-order valence-electron chi connectivity index (χ4n) is 3.09. The summed E-state index contributed by atoms with van der Waals surface area (Å²) in [5.41, 5.74) is 2.69. The largest absolute Gasteiger partial charge is 0.350 e. The fourth-order valence-corrected chi connectivity index (χ4v) is 4.04. The molecule has 0 atom stereocenters. The van der Waals surface area contributed by atoms with Crippen LogP contribution in [0.1, 0.15) is 21.5 Å². The van der Waals surface area contributed by atoms with Crippen molar-refractivity contribution in [2.75, 3.05) is 24.1 Å². The summed E-state index contributed by atoms with van der Waals surface area (Å²) in [6.45, 7) is 0. The standard InChI is InChI=1S/C21H19F4IN6O3S/c1-27-31-21(33)13-8-11(7-10-5-6-29-20(17(10)24)32-36(34,35)28-2)16(23)18(25)19(13)30-15-4-3-12(26)9-14(15)22/h3-6,8-9,27-28,30H,7H2,1-2H3,(H,29,32)(H,31,33). The molecular formula is C21H19F4IN6O3S. The van der Waals surface area contributed by atoms with Gasteiger partial charge in [0.15, 0.2) is 23.3 Å². The van der Waals surface area contributed by atoms with Crippen molar-refractivity contribution in [1.29, 1.82) is 0 Å². The maximum Gasteiger partial charge on any atom is 0.300 e. The maximum atomic E-state index is 15.2. The van der Waals surface area contributed by atoms with Crippen molar-refractivity contribution in [1.82, 2.24) is 20.6 Å². The van der Waals surface area contributed by atoms with E-state index < -0.39 is 68.4 Å². The van der Waals surface area contributed by atoms with Crippen molar-refractivity contribution in [3.63, 3.8) is 0 Å². The minimum atomic E-state index is -4.10. The van der Waals surface area contributed by atoms with Crippen LogP contribution in [0.15, 0.2) is 36.5 Å². The first-order chi connectivity index (χ1) is 17.0. The monoisotopic (exact) mass is 638 g/mol. The molecule has 1 amide bonds. The zero-order valence-electron chi connectivity index (χ0n) is 18.6. The summed E-state index contributed by atoms with van der Waals surface area (Å²) in [6, 6.07) is 6.10. The molecule has 192 valence electrons. The van der Waals surface area contributed by atoms with Crippen LogP contribution in [0.4, 0.5) is 34.8 Å². The Morgan fingerprint density at radius 1 is 1.00 bits per heavy atom. The summed E-state index contributed by atoms with van der Waals surface area (Å²) in [6.07, 6.45) is 0.508. The van der Waals surface area contributed by atoms with Gasteiger partial charge in [0.05, 0.1) is 16.9 Å². The number of nitrogens with one attached hydrogen (secondary N) is 5. The predicted octanol–water partition coefficient (Wildman–Crippen LogP) is 3.32. The second-order valence-electron chi connectivity index (χ2n) is 7.16. The molecule has 0 fully saturated rings. The molecule has 9 nitrogen and oxygen atoms in total. The van der Waals surface area contributed by atoms with E-state index in [1.54, 1.807) is 0 Å². The number of carbonyl (C=O) groups is 1. The van der Waals surface area contributed by atoms with Gasteiger partial charge in [-0.3, -0.25) is 14.9 Å². The Hall–Kier alpha value is -3.02. The number of amides is 1. The first-order valence-electron chi connectivity index (χ1n) is 10.0. The van der Waals surface area contributed by atoms with Crippen molar-refractivity contribution >= 4 is 55.9 Å². The lowest BCUT2D eigenvalue weighted by molar-refractivity contribution is 0.0938. The molecule has 0 unspecified atom stereocenters. The van der Waals surface area contributed by atoms with Gasteiger partial charge in [-0.2, -0.15) is 8.42 Å². The Morgan fingerprint density at radius 3 is 2.36 bits per heavy atom. The Kier molecular flexibility index (Phi) is 8.70. The van der Waals surface area contributed by atoms with Gasteiger partial charge in [0.25, 0.3) is 16.1 Å². The predicted molar refractivity (Wildman–Crippen MR) is 134 cm³/mol. The highest BCUT2D eigenvalue weighted by Gasteiger charge is 2.25. The second kappa shape index (κ2) is 11.4. The molecule has 0 radical (unpaired) electrons. The second-order valence-corrected chi connectivity index (χ2v) is 10.0. The van der Waals surface area contributed by atoms with E-state index in [4.69, 9.17) is 0 Å². The summed E-state index contributed by atoms with van der Waals surface area (Å²) >= 11 is 1.87. The molecule has 0 bridgehead atoms. The molecule has 0 aliphatic heterocycles. The normalized spacial score (nSPS) is 11.3. The molecule has 0 saturated heterocycles. The van der Waals surface area contributed by atoms with E-state index in [-0.39, 0.29) is 11.3 Å². The lowest BCUT2D eigenvalue weighted by Crippen LogP contribution is -2.34. The average molecular weight is 638 g/mol. The van der Waals surface area contributed by atoms with Crippen LogP contribution >= 0.6 is 22.6 Å². The lowest BCUT2D eigenvalue weighted by atomic mass is 9.99. The number of hydrazine groups is 1. The molecule has 36 heavy (non-hydrogen) atoms. The third-order valence-corrected chi connectivity index (χ3v) is 6.48. The number of aromatic nitrogens is 1. The number of hydrogen-bond acceptors (Lipinski definition) is 6. The number of nitrogens with zero attached hydrogens (tertiary/aromatic N) is 1. The van der Waals surface area contributed by atoms with Crippen LogP contribution < -0.4 is 25.6 Å². The molecule has 3 rings (SSSR count). The van der Waals surface area contributed by atoms with Crippen molar-refractivity contribution in [2.45, 2.75) is 6.42 Å². The zero-order valence-corrected chi connectivity index (χ0v) is 21.6. The quantitative estimate of drug-likeness (QED) is 0.139. The van der Waals surface area contributed by atoms with Crippen LogP contribution in [0.3, 0.4) is 0 Å². The fraction of sp³-hybridized carbons (Fsp3) is 0.143. The van der Waals surface area contributed by atoms with Crippen molar-refractivity contribution in [2.24, 2.45) is 0 Å². The Labute approximate surface area is 217 Å². The zero-order chi connectivity index (χ0) is 26.6. The summed E-state index contributed by atoms with van der Waals surface area (Å²) in [4.78, 5) is 16.2. The van der Waals surface area contributed by atoms with Crippen LogP contribution in [0, 0.1) is 26.8 Å². The van der Waals surface area contributed by atoms with Crippen molar-refractivity contribution in [3.8, 4) is 0 Å². The number of benzene rings is 2. The molecule has 2 aromatic carbocycles. The number of hydrogen-bond donors (Lipinski definition) is 5. The topological polar surface area (TPSA) is 124 Å². The van der Waals surface area contributed by atoms with Crippen molar-refractivity contribution < 1.29 is 30.8 Å². The Bertz CT molecular complexity index is 1430. The van der Waals surface area contributed by atoms with Gasteiger partial charge in [-0.25, -0.2) is 32.7 Å². The molecule has 0 aliphatic carbocycles. The minimum Gasteiger partial charge on any atom is -0.350 e. The number of anilines is 3.